The van der Waals surface area contributed by atoms with Crippen LogP contribution in [-0.4, -0.2) is 0 Å². The van der Waals surface area contributed by atoms with Gasteiger partial charge in [0, 0.05) is 21.9 Å². The molecule has 8 rings (SSSR count). The van der Waals surface area contributed by atoms with Crippen molar-refractivity contribution >= 4 is 73.0 Å². The van der Waals surface area contributed by atoms with Crippen LogP contribution < -0.4 is 10.6 Å². The van der Waals surface area contributed by atoms with Gasteiger partial charge in [-0.2, -0.15) is 0 Å². The molecular weight excluding hydrogens is 478 g/mol. The van der Waals surface area contributed by atoms with Crippen LogP contribution in [0.1, 0.15) is 0 Å². The summed E-state index contributed by atoms with van der Waals surface area (Å²) >= 11 is 0. The number of hydrogen-bond donors (Lipinski definition) is 0. The molecule has 0 amide bonds. The lowest BCUT2D eigenvalue weighted by Crippen LogP contribution is -1.96. The van der Waals surface area contributed by atoms with E-state index in [1.165, 1.54) is 43.6 Å². The van der Waals surface area contributed by atoms with E-state index in [2.05, 4.69) is 116 Å². The van der Waals surface area contributed by atoms with Crippen LogP contribution in [0, 0.1) is 0 Å². The second kappa shape index (κ2) is 7.40. The average Bonchev–Trinajstić information content (AvgIpc) is 2.91. The molecule has 0 radical (unpaired) electrons. The molecule has 0 bridgehead atoms. The van der Waals surface area contributed by atoms with Gasteiger partial charge in [-0.25, -0.2) is 0 Å². The van der Waals surface area contributed by atoms with Crippen LogP contribution in [0.5, 0.6) is 0 Å². The summed E-state index contributed by atoms with van der Waals surface area (Å²) in [5, 5.41) is 6.91. The van der Waals surface area contributed by atoms with E-state index >= 15 is 0 Å². The number of hydrogen-bond acceptors (Lipinski definition) is 2. The summed E-state index contributed by atoms with van der Waals surface area (Å²) in [6, 6.07) is 34.3. The molecule has 2 atom stereocenters. The zero-order valence-corrected chi connectivity index (χ0v) is 21.5. The van der Waals surface area contributed by atoms with Crippen molar-refractivity contribution in [1.82, 2.24) is 0 Å². The second-order valence-electron chi connectivity index (χ2n) is 9.39. The molecule has 0 spiro atoms. The smallest absolute Gasteiger partial charge is 0.136 e. The van der Waals surface area contributed by atoms with E-state index in [9.17, 15) is 0 Å². The van der Waals surface area contributed by atoms with Crippen molar-refractivity contribution in [3.05, 3.63) is 97.1 Å². The van der Waals surface area contributed by atoms with Crippen LogP contribution >= 0.6 is 18.5 Å². The Morgan fingerprint density at radius 3 is 1.19 bits per heavy atom. The fourth-order valence-electron chi connectivity index (χ4n) is 5.69. The van der Waals surface area contributed by atoms with Gasteiger partial charge in [0.15, 0.2) is 0 Å². The molecule has 36 heavy (non-hydrogen) atoms. The monoisotopic (exact) mass is 498 g/mol. The molecule has 0 saturated carbocycles. The van der Waals surface area contributed by atoms with Crippen LogP contribution in [0.25, 0.3) is 77.3 Å². The van der Waals surface area contributed by atoms with Crippen molar-refractivity contribution in [2.75, 3.05) is 0 Å². The van der Waals surface area contributed by atoms with Crippen molar-refractivity contribution < 1.29 is 8.83 Å². The molecule has 6 aromatic carbocycles. The van der Waals surface area contributed by atoms with Gasteiger partial charge < -0.3 is 8.83 Å². The molecule has 2 unspecified atom stereocenters. The Kier molecular flexibility index (Phi) is 4.21. The van der Waals surface area contributed by atoms with E-state index < -0.39 is 0 Å². The third kappa shape index (κ3) is 2.80. The largest absolute Gasteiger partial charge is 0.456 e. The van der Waals surface area contributed by atoms with E-state index in [1.807, 2.05) is 0 Å². The van der Waals surface area contributed by atoms with Crippen LogP contribution in [-0.2, 0) is 0 Å². The Bertz CT molecular complexity index is 1890. The lowest BCUT2D eigenvalue weighted by molar-refractivity contribution is 0.646. The molecule has 4 heteroatoms. The van der Waals surface area contributed by atoms with E-state index in [4.69, 9.17) is 8.83 Å². The highest BCUT2D eigenvalue weighted by Gasteiger charge is 2.26. The fourth-order valence-corrected chi connectivity index (χ4v) is 6.08. The standard InChI is InChI=1S/C32H20O2P2/c35-19-5-1-17(2-6-19)21-9-13-25-29-23(21)11-15-27-31(29)32-28(33-25)16-12-24-22(10-14-26(34-27)30(24)32)18-3-7-20(36)8-4-18/h1-16H,35-36H2. The molecule has 0 aromatic heterocycles. The summed E-state index contributed by atoms with van der Waals surface area (Å²) < 4.78 is 13.1. The molecule has 6 aromatic rings. The number of benzene rings is 6. The van der Waals surface area contributed by atoms with Crippen molar-refractivity contribution in [2.45, 2.75) is 0 Å². The first-order valence-electron chi connectivity index (χ1n) is 11.9. The van der Waals surface area contributed by atoms with Gasteiger partial charge in [-0.15, -0.1) is 18.5 Å². The third-order valence-corrected chi connectivity index (χ3v) is 8.11. The summed E-state index contributed by atoms with van der Waals surface area (Å²) in [6.45, 7) is 0. The maximum atomic E-state index is 6.55. The minimum Gasteiger partial charge on any atom is -0.456 e. The molecule has 0 saturated heterocycles. The molecule has 0 aliphatic carbocycles. The molecule has 2 nitrogen and oxygen atoms in total. The van der Waals surface area contributed by atoms with Crippen molar-refractivity contribution in [3.8, 4) is 33.4 Å². The summed E-state index contributed by atoms with van der Waals surface area (Å²) in [5.41, 5.74) is 10.5. The van der Waals surface area contributed by atoms with E-state index in [0.29, 0.717) is 0 Å². The molecule has 2 heterocycles. The van der Waals surface area contributed by atoms with Gasteiger partial charge in [0.2, 0.25) is 0 Å². The van der Waals surface area contributed by atoms with E-state index in [0.717, 1.165) is 44.2 Å². The predicted octanol–water partition coefficient (Wildman–Crippen LogP) is 8.36. The Morgan fingerprint density at radius 1 is 0.389 bits per heavy atom. The topological polar surface area (TPSA) is 26.3 Å². The second-order valence-corrected chi connectivity index (χ2v) is 10.7. The van der Waals surface area contributed by atoms with E-state index in [1.54, 1.807) is 0 Å². The van der Waals surface area contributed by atoms with Crippen LogP contribution in [0.15, 0.2) is 106 Å². The lowest BCUT2D eigenvalue weighted by atomic mass is 9.86. The highest BCUT2D eigenvalue weighted by Crippen LogP contribution is 2.50. The highest BCUT2D eigenvalue weighted by molar-refractivity contribution is 7.27. The van der Waals surface area contributed by atoms with Gasteiger partial charge in [0.25, 0.3) is 0 Å². The Morgan fingerprint density at radius 2 is 0.778 bits per heavy atom. The normalized spacial score (nSPS) is 12.2. The summed E-state index contributed by atoms with van der Waals surface area (Å²) in [7, 11) is 5.52. The Hall–Kier alpha value is -3.70. The zero-order chi connectivity index (χ0) is 24.0. The van der Waals surface area contributed by atoms with E-state index in [-0.39, 0.29) is 0 Å². The first-order chi connectivity index (χ1) is 17.7. The molecular formula is C32H20O2P2. The van der Waals surface area contributed by atoms with Gasteiger partial charge in [-0.1, -0.05) is 60.7 Å². The summed E-state index contributed by atoms with van der Waals surface area (Å²) in [4.78, 5) is 0. The minimum absolute atomic E-state index is 0.874. The predicted molar refractivity (Wildman–Crippen MR) is 158 cm³/mol. The average molecular weight is 498 g/mol. The quantitative estimate of drug-likeness (QED) is 0.136. The number of rotatable bonds is 2. The molecule has 0 N–H and O–H groups in total. The Balaban J connectivity index is 1.50. The zero-order valence-electron chi connectivity index (χ0n) is 19.2. The van der Waals surface area contributed by atoms with Crippen LogP contribution in [0.3, 0.4) is 0 Å². The van der Waals surface area contributed by atoms with Crippen molar-refractivity contribution in [1.29, 1.82) is 0 Å². The highest BCUT2D eigenvalue weighted by atomic mass is 31.0. The van der Waals surface area contributed by atoms with Gasteiger partial charge in [0.1, 0.15) is 22.3 Å². The third-order valence-electron chi connectivity index (χ3n) is 7.34. The summed E-state index contributed by atoms with van der Waals surface area (Å²) in [6.07, 6.45) is 0. The Labute approximate surface area is 212 Å². The van der Waals surface area contributed by atoms with Crippen molar-refractivity contribution in [3.63, 3.8) is 0 Å². The van der Waals surface area contributed by atoms with Gasteiger partial charge >= 0.3 is 0 Å². The van der Waals surface area contributed by atoms with Crippen molar-refractivity contribution in [2.24, 2.45) is 0 Å². The molecule has 2 aliphatic heterocycles. The molecule has 170 valence electrons. The first kappa shape index (κ1) is 20.5. The van der Waals surface area contributed by atoms with Crippen LogP contribution in [0.2, 0.25) is 0 Å². The fraction of sp³-hybridized carbons (Fsp3) is 0. The van der Waals surface area contributed by atoms with Gasteiger partial charge in [-0.05, 0) is 80.0 Å². The van der Waals surface area contributed by atoms with Gasteiger partial charge in [0.05, 0.1) is 0 Å². The van der Waals surface area contributed by atoms with Crippen LogP contribution in [0.4, 0.5) is 0 Å². The van der Waals surface area contributed by atoms with Gasteiger partial charge in [-0.3, -0.25) is 0 Å². The summed E-state index contributed by atoms with van der Waals surface area (Å²) in [5.74, 6) is 0. The lowest BCUT2D eigenvalue weighted by Gasteiger charge is -2.21. The minimum atomic E-state index is 0.874. The SMILES string of the molecule is Pc1ccc(-c2ccc3oc4ccc5c(-c6ccc(P)cc6)ccc6oc7ccc2c3c7-c4c65)cc1. The molecule has 0 fully saturated rings. The first-order valence-corrected chi connectivity index (χ1v) is 13.1. The maximum absolute atomic E-state index is 6.55. The molecule has 2 aliphatic rings. The maximum Gasteiger partial charge on any atom is 0.136 e.